The molecule has 2 N–H and O–H groups in total. The second-order valence-corrected chi connectivity index (χ2v) is 8.15. The second kappa shape index (κ2) is 7.54. The number of nitrogens with one attached hydrogen (secondary N) is 2. The average Bonchev–Trinajstić information content (AvgIpc) is 3.10. The third kappa shape index (κ3) is 3.44. The Kier molecular flexibility index (Phi) is 4.72. The molecule has 0 bridgehead atoms. The highest BCUT2D eigenvalue weighted by atomic mass is 14.9. The van der Waals surface area contributed by atoms with E-state index >= 15 is 0 Å². The standard InChI is InChI=1S/C26H26N4/c1-16-11-22(12-17(2)29-16)26-18(3)23-8-6-19(13-25(23)30-26)20-7-9-24(28-15-20)21-5-4-10-27-14-21/h5-9,11-13,15,27,30H,4,10,14H2,1-3H3. The quantitative estimate of drug-likeness (QED) is 0.476. The number of nitrogens with zero attached hydrogens (tertiary/aromatic N) is 2. The Morgan fingerprint density at radius 3 is 2.37 bits per heavy atom. The van der Waals surface area contributed by atoms with Gasteiger partial charge < -0.3 is 10.3 Å². The number of aromatic amines is 1. The van der Waals surface area contributed by atoms with E-state index in [1.54, 1.807) is 0 Å². The van der Waals surface area contributed by atoms with Crippen LogP contribution in [0.1, 0.15) is 29.1 Å². The van der Waals surface area contributed by atoms with Gasteiger partial charge in [0.2, 0.25) is 0 Å². The van der Waals surface area contributed by atoms with Crippen molar-refractivity contribution in [3.63, 3.8) is 0 Å². The first kappa shape index (κ1) is 18.8. The van der Waals surface area contributed by atoms with Crippen LogP contribution in [0.3, 0.4) is 0 Å². The minimum absolute atomic E-state index is 0.900. The van der Waals surface area contributed by atoms with Gasteiger partial charge in [-0.05, 0) is 74.7 Å². The van der Waals surface area contributed by atoms with E-state index < -0.39 is 0 Å². The molecular formula is C26H26N4. The molecule has 1 aliphatic rings. The second-order valence-electron chi connectivity index (χ2n) is 8.15. The molecule has 0 aliphatic carbocycles. The van der Waals surface area contributed by atoms with Crippen LogP contribution in [0.4, 0.5) is 0 Å². The smallest absolute Gasteiger partial charge is 0.0671 e. The van der Waals surface area contributed by atoms with Crippen LogP contribution in [-0.2, 0) is 0 Å². The summed E-state index contributed by atoms with van der Waals surface area (Å²) in [5.74, 6) is 0. The molecule has 0 saturated heterocycles. The van der Waals surface area contributed by atoms with Crippen molar-refractivity contribution in [2.45, 2.75) is 27.2 Å². The summed E-state index contributed by atoms with van der Waals surface area (Å²) in [4.78, 5) is 12.9. The number of rotatable bonds is 3. The van der Waals surface area contributed by atoms with Crippen LogP contribution in [0.15, 0.2) is 54.7 Å². The minimum atomic E-state index is 0.900. The monoisotopic (exact) mass is 394 g/mol. The number of pyridine rings is 2. The van der Waals surface area contributed by atoms with Gasteiger partial charge in [0.05, 0.1) is 5.69 Å². The fourth-order valence-electron chi connectivity index (χ4n) is 4.38. The number of hydrogen-bond acceptors (Lipinski definition) is 3. The van der Waals surface area contributed by atoms with Gasteiger partial charge in [-0.3, -0.25) is 9.97 Å². The number of aromatic nitrogens is 3. The lowest BCUT2D eigenvalue weighted by Crippen LogP contribution is -2.21. The maximum absolute atomic E-state index is 4.72. The SMILES string of the molecule is Cc1cc(-c2[nH]c3cc(-c4ccc(C5=CCCNC5)nc4)ccc3c2C)cc(C)n1. The van der Waals surface area contributed by atoms with Crippen LogP contribution in [0.2, 0.25) is 0 Å². The molecule has 1 aromatic carbocycles. The van der Waals surface area contributed by atoms with Crippen LogP contribution in [0, 0.1) is 20.8 Å². The molecule has 0 radical (unpaired) electrons. The highest BCUT2D eigenvalue weighted by Crippen LogP contribution is 2.33. The summed E-state index contributed by atoms with van der Waals surface area (Å²) in [5.41, 5.74) is 11.5. The average molecular weight is 395 g/mol. The number of H-pyrrole nitrogens is 1. The van der Waals surface area contributed by atoms with E-state index in [0.717, 1.165) is 47.7 Å². The minimum Gasteiger partial charge on any atom is -0.354 e. The number of fused-ring (bicyclic) bond motifs is 1. The molecule has 0 unspecified atom stereocenters. The Labute approximate surface area is 177 Å². The lowest BCUT2D eigenvalue weighted by atomic mass is 10.0. The van der Waals surface area contributed by atoms with E-state index in [9.17, 15) is 0 Å². The molecule has 30 heavy (non-hydrogen) atoms. The molecule has 4 nitrogen and oxygen atoms in total. The van der Waals surface area contributed by atoms with Gasteiger partial charge >= 0.3 is 0 Å². The van der Waals surface area contributed by atoms with E-state index in [2.05, 4.69) is 70.7 Å². The summed E-state index contributed by atoms with van der Waals surface area (Å²) >= 11 is 0. The fourth-order valence-corrected chi connectivity index (χ4v) is 4.38. The van der Waals surface area contributed by atoms with Crippen molar-refractivity contribution in [1.82, 2.24) is 20.3 Å². The largest absolute Gasteiger partial charge is 0.354 e. The van der Waals surface area contributed by atoms with Crippen molar-refractivity contribution in [3.05, 3.63) is 77.4 Å². The van der Waals surface area contributed by atoms with Crippen molar-refractivity contribution in [3.8, 4) is 22.4 Å². The molecule has 0 saturated carbocycles. The first-order chi connectivity index (χ1) is 14.6. The first-order valence-electron chi connectivity index (χ1n) is 10.5. The van der Waals surface area contributed by atoms with E-state index in [4.69, 9.17) is 4.98 Å². The van der Waals surface area contributed by atoms with Crippen molar-refractivity contribution in [2.75, 3.05) is 13.1 Å². The zero-order chi connectivity index (χ0) is 20.7. The predicted octanol–water partition coefficient (Wildman–Crippen LogP) is 5.59. The van der Waals surface area contributed by atoms with Gasteiger partial charge in [0.25, 0.3) is 0 Å². The molecule has 5 rings (SSSR count). The maximum Gasteiger partial charge on any atom is 0.0671 e. The highest BCUT2D eigenvalue weighted by molar-refractivity contribution is 5.93. The Bertz CT molecular complexity index is 1240. The zero-order valence-corrected chi connectivity index (χ0v) is 17.7. The van der Waals surface area contributed by atoms with Crippen LogP contribution < -0.4 is 5.32 Å². The molecule has 4 heteroatoms. The van der Waals surface area contributed by atoms with E-state index in [-0.39, 0.29) is 0 Å². The lowest BCUT2D eigenvalue weighted by Gasteiger charge is -2.14. The summed E-state index contributed by atoms with van der Waals surface area (Å²) in [6.07, 6.45) is 5.34. The molecule has 0 spiro atoms. The highest BCUT2D eigenvalue weighted by Gasteiger charge is 2.12. The van der Waals surface area contributed by atoms with Crippen LogP contribution >= 0.6 is 0 Å². The topological polar surface area (TPSA) is 53.6 Å². The number of aryl methyl sites for hydroxylation is 3. The van der Waals surface area contributed by atoms with Crippen molar-refractivity contribution < 1.29 is 0 Å². The summed E-state index contributed by atoms with van der Waals surface area (Å²) < 4.78 is 0. The Balaban J connectivity index is 1.51. The molecular weight excluding hydrogens is 368 g/mol. The van der Waals surface area contributed by atoms with E-state index in [0.29, 0.717) is 0 Å². The molecule has 4 heterocycles. The normalized spacial score (nSPS) is 14.2. The van der Waals surface area contributed by atoms with Crippen molar-refractivity contribution >= 4 is 16.5 Å². The van der Waals surface area contributed by atoms with Crippen LogP contribution in [-0.4, -0.2) is 28.0 Å². The third-order valence-corrected chi connectivity index (χ3v) is 5.88. The summed E-state index contributed by atoms with van der Waals surface area (Å²) in [6.45, 7) is 8.22. The molecule has 1 aliphatic heterocycles. The molecule has 0 fully saturated rings. The molecule has 3 aromatic heterocycles. The zero-order valence-electron chi connectivity index (χ0n) is 17.7. The third-order valence-electron chi connectivity index (χ3n) is 5.88. The summed E-state index contributed by atoms with van der Waals surface area (Å²) in [6, 6.07) is 15.2. The summed E-state index contributed by atoms with van der Waals surface area (Å²) in [5, 5.41) is 4.66. The first-order valence-corrected chi connectivity index (χ1v) is 10.5. The van der Waals surface area contributed by atoms with Gasteiger partial charge in [-0.1, -0.05) is 24.3 Å². The van der Waals surface area contributed by atoms with Crippen molar-refractivity contribution in [1.29, 1.82) is 0 Å². The molecule has 4 aromatic rings. The fraction of sp³-hybridized carbons (Fsp3) is 0.231. The predicted molar refractivity (Wildman–Crippen MR) is 124 cm³/mol. The van der Waals surface area contributed by atoms with Crippen LogP contribution in [0.5, 0.6) is 0 Å². The Hall–Kier alpha value is -3.24. The van der Waals surface area contributed by atoms with Gasteiger partial charge in [0, 0.05) is 51.9 Å². The number of benzene rings is 1. The molecule has 0 atom stereocenters. The van der Waals surface area contributed by atoms with Crippen LogP contribution in [0.25, 0.3) is 38.9 Å². The molecule has 150 valence electrons. The van der Waals surface area contributed by atoms with Gasteiger partial charge in [-0.2, -0.15) is 0 Å². The van der Waals surface area contributed by atoms with Gasteiger partial charge in [0.1, 0.15) is 0 Å². The van der Waals surface area contributed by atoms with Gasteiger partial charge in [-0.15, -0.1) is 0 Å². The maximum atomic E-state index is 4.72. The lowest BCUT2D eigenvalue weighted by molar-refractivity contribution is 0.737. The molecule has 0 amide bonds. The number of hydrogen-bond donors (Lipinski definition) is 2. The van der Waals surface area contributed by atoms with Gasteiger partial charge in [-0.25, -0.2) is 0 Å². The Morgan fingerprint density at radius 2 is 1.67 bits per heavy atom. The van der Waals surface area contributed by atoms with Gasteiger partial charge in [0.15, 0.2) is 0 Å². The van der Waals surface area contributed by atoms with Crippen molar-refractivity contribution in [2.24, 2.45) is 0 Å². The van der Waals surface area contributed by atoms with E-state index in [1.165, 1.54) is 33.3 Å². The summed E-state index contributed by atoms with van der Waals surface area (Å²) in [7, 11) is 0. The Morgan fingerprint density at radius 1 is 0.867 bits per heavy atom. The van der Waals surface area contributed by atoms with E-state index in [1.807, 2.05) is 20.0 Å².